The van der Waals surface area contributed by atoms with Gasteiger partial charge in [0.15, 0.2) is 12.4 Å². The number of amides is 3. The van der Waals surface area contributed by atoms with E-state index in [-0.39, 0.29) is 18.5 Å². The number of carbonyl (C=O) groups excluding carboxylic acids is 2. The van der Waals surface area contributed by atoms with Crippen molar-refractivity contribution in [2.75, 3.05) is 38.1 Å². The van der Waals surface area contributed by atoms with E-state index in [4.69, 9.17) is 20.9 Å². The highest BCUT2D eigenvalue weighted by molar-refractivity contribution is 6.30. The molecule has 1 saturated heterocycles. The monoisotopic (exact) mass is 378 g/mol. The van der Waals surface area contributed by atoms with Gasteiger partial charge in [-0.05, 0) is 31.2 Å². The van der Waals surface area contributed by atoms with E-state index in [0.717, 1.165) is 0 Å². The molecule has 0 unspecified atom stereocenters. The first-order chi connectivity index (χ1) is 12.5. The van der Waals surface area contributed by atoms with Crippen LogP contribution in [-0.4, -0.2) is 59.7 Å². The minimum absolute atomic E-state index is 0.0496. The third kappa shape index (κ3) is 4.66. The average Bonchev–Trinajstić information content (AvgIpc) is 3.06. The van der Waals surface area contributed by atoms with E-state index in [2.05, 4.69) is 10.5 Å². The number of hydrogen-bond acceptors (Lipinski definition) is 5. The minimum Gasteiger partial charge on any atom is -0.484 e. The molecule has 8 nitrogen and oxygen atoms in total. The van der Waals surface area contributed by atoms with Crippen LogP contribution < -0.4 is 10.1 Å². The Balaban J connectivity index is 1.43. The first-order valence-electron chi connectivity index (χ1n) is 8.16. The molecule has 3 rings (SSSR count). The van der Waals surface area contributed by atoms with Crippen molar-refractivity contribution in [2.45, 2.75) is 6.92 Å². The van der Waals surface area contributed by atoms with E-state index in [1.807, 2.05) is 0 Å². The molecule has 1 aliphatic heterocycles. The maximum Gasteiger partial charge on any atom is 0.323 e. The number of carbonyl (C=O) groups is 2. The van der Waals surface area contributed by atoms with Crippen molar-refractivity contribution in [1.82, 2.24) is 15.0 Å². The van der Waals surface area contributed by atoms with Gasteiger partial charge in [-0.1, -0.05) is 16.8 Å². The van der Waals surface area contributed by atoms with Gasteiger partial charge in [0.2, 0.25) is 0 Å². The van der Waals surface area contributed by atoms with Crippen LogP contribution >= 0.6 is 11.6 Å². The summed E-state index contributed by atoms with van der Waals surface area (Å²) < 4.78 is 10.4. The molecule has 3 amide bonds. The second-order valence-electron chi connectivity index (χ2n) is 5.86. The van der Waals surface area contributed by atoms with Gasteiger partial charge in [-0.2, -0.15) is 0 Å². The number of nitrogens with zero attached hydrogens (tertiary/aromatic N) is 3. The van der Waals surface area contributed by atoms with Gasteiger partial charge < -0.3 is 19.1 Å². The summed E-state index contributed by atoms with van der Waals surface area (Å²) in [6.07, 6.45) is 0. The summed E-state index contributed by atoms with van der Waals surface area (Å²) in [6.45, 7) is 3.48. The molecule has 26 heavy (non-hydrogen) atoms. The van der Waals surface area contributed by atoms with Gasteiger partial charge in [0.05, 0.1) is 0 Å². The Morgan fingerprint density at radius 2 is 1.85 bits per heavy atom. The second kappa shape index (κ2) is 8.09. The van der Waals surface area contributed by atoms with Crippen LogP contribution in [0.5, 0.6) is 5.75 Å². The minimum atomic E-state index is -0.261. The van der Waals surface area contributed by atoms with Crippen LogP contribution in [0.1, 0.15) is 5.76 Å². The Kier molecular flexibility index (Phi) is 5.62. The van der Waals surface area contributed by atoms with E-state index in [0.29, 0.717) is 48.5 Å². The van der Waals surface area contributed by atoms with E-state index in [1.54, 1.807) is 47.1 Å². The molecule has 1 aromatic heterocycles. The first-order valence-corrected chi connectivity index (χ1v) is 8.54. The number of ether oxygens (including phenoxy) is 1. The van der Waals surface area contributed by atoms with Crippen molar-refractivity contribution < 1.29 is 18.8 Å². The van der Waals surface area contributed by atoms with Gasteiger partial charge in [-0.3, -0.25) is 10.1 Å². The van der Waals surface area contributed by atoms with E-state index < -0.39 is 0 Å². The van der Waals surface area contributed by atoms with E-state index in [9.17, 15) is 9.59 Å². The largest absolute Gasteiger partial charge is 0.484 e. The van der Waals surface area contributed by atoms with Crippen LogP contribution in [0.2, 0.25) is 5.02 Å². The number of rotatable bonds is 4. The standard InChI is InChI=1S/C17H19ClN4O4/c1-12-10-15(20-26-12)19-17(24)22-8-6-21(7-9-22)16(23)11-25-14-4-2-13(18)3-5-14/h2-5,10H,6-9,11H2,1H3,(H,19,20,24). The molecule has 0 saturated carbocycles. The molecular formula is C17H19ClN4O4. The van der Waals surface area contributed by atoms with Gasteiger partial charge >= 0.3 is 6.03 Å². The summed E-state index contributed by atoms with van der Waals surface area (Å²) in [7, 11) is 0. The summed E-state index contributed by atoms with van der Waals surface area (Å²) in [5.74, 6) is 1.47. The fourth-order valence-corrected chi connectivity index (χ4v) is 2.67. The number of anilines is 1. The van der Waals surface area contributed by atoms with Crippen LogP contribution in [0.3, 0.4) is 0 Å². The Hall–Kier alpha value is -2.74. The van der Waals surface area contributed by atoms with Crippen LogP contribution in [-0.2, 0) is 4.79 Å². The van der Waals surface area contributed by atoms with Crippen molar-refractivity contribution in [2.24, 2.45) is 0 Å². The molecule has 0 bridgehead atoms. The van der Waals surface area contributed by atoms with Crippen molar-refractivity contribution in [3.05, 3.63) is 41.1 Å². The third-order valence-electron chi connectivity index (χ3n) is 3.96. The molecule has 1 aromatic carbocycles. The number of hydrogen-bond donors (Lipinski definition) is 1. The highest BCUT2D eigenvalue weighted by Crippen LogP contribution is 2.16. The van der Waals surface area contributed by atoms with Crippen molar-refractivity contribution in [1.29, 1.82) is 0 Å². The highest BCUT2D eigenvalue weighted by atomic mass is 35.5. The topological polar surface area (TPSA) is 87.9 Å². The lowest BCUT2D eigenvalue weighted by Gasteiger charge is -2.34. The lowest BCUT2D eigenvalue weighted by Crippen LogP contribution is -2.52. The Morgan fingerprint density at radius 1 is 1.19 bits per heavy atom. The van der Waals surface area contributed by atoms with Gasteiger partial charge in [-0.15, -0.1) is 0 Å². The predicted octanol–water partition coefficient (Wildman–Crippen LogP) is 2.39. The molecule has 1 N–H and O–H groups in total. The van der Waals surface area contributed by atoms with Crippen molar-refractivity contribution >= 4 is 29.4 Å². The Labute approximate surface area is 155 Å². The van der Waals surface area contributed by atoms with Crippen LogP contribution in [0.15, 0.2) is 34.9 Å². The SMILES string of the molecule is Cc1cc(NC(=O)N2CCN(C(=O)COc3ccc(Cl)cc3)CC2)no1. The third-order valence-corrected chi connectivity index (χ3v) is 4.21. The molecule has 138 valence electrons. The summed E-state index contributed by atoms with van der Waals surface area (Å²) >= 11 is 5.81. The number of urea groups is 1. The maximum absolute atomic E-state index is 12.2. The molecule has 1 fully saturated rings. The zero-order chi connectivity index (χ0) is 18.5. The highest BCUT2D eigenvalue weighted by Gasteiger charge is 2.24. The predicted molar refractivity (Wildman–Crippen MR) is 95.4 cm³/mol. The zero-order valence-corrected chi connectivity index (χ0v) is 15.0. The number of nitrogens with one attached hydrogen (secondary N) is 1. The van der Waals surface area contributed by atoms with Crippen LogP contribution in [0, 0.1) is 6.92 Å². The maximum atomic E-state index is 12.2. The number of halogens is 1. The fraction of sp³-hybridized carbons (Fsp3) is 0.353. The summed E-state index contributed by atoms with van der Waals surface area (Å²) in [6, 6.07) is 8.21. The number of aryl methyl sites for hydroxylation is 1. The summed E-state index contributed by atoms with van der Waals surface area (Å²) in [4.78, 5) is 27.7. The van der Waals surface area contributed by atoms with Crippen LogP contribution in [0.25, 0.3) is 0 Å². The quantitative estimate of drug-likeness (QED) is 0.882. The molecular weight excluding hydrogens is 360 g/mol. The fourth-order valence-electron chi connectivity index (χ4n) is 2.54. The first kappa shape index (κ1) is 18.1. The molecule has 2 heterocycles. The van der Waals surface area contributed by atoms with Gasteiger partial charge in [0.1, 0.15) is 11.5 Å². The average molecular weight is 379 g/mol. The second-order valence-corrected chi connectivity index (χ2v) is 6.30. The van der Waals surface area contributed by atoms with Gasteiger partial charge in [0, 0.05) is 37.3 Å². The van der Waals surface area contributed by atoms with E-state index in [1.165, 1.54) is 0 Å². The molecule has 0 aliphatic carbocycles. The van der Waals surface area contributed by atoms with Gasteiger partial charge in [-0.25, -0.2) is 4.79 Å². The molecule has 0 radical (unpaired) electrons. The molecule has 9 heteroatoms. The molecule has 0 spiro atoms. The zero-order valence-electron chi connectivity index (χ0n) is 14.3. The summed E-state index contributed by atoms with van der Waals surface area (Å²) in [5, 5.41) is 7.01. The lowest BCUT2D eigenvalue weighted by atomic mass is 10.3. The van der Waals surface area contributed by atoms with Gasteiger partial charge in [0.25, 0.3) is 5.91 Å². The van der Waals surface area contributed by atoms with Crippen LogP contribution in [0.4, 0.5) is 10.6 Å². The number of piperazine rings is 1. The molecule has 1 aliphatic rings. The Morgan fingerprint density at radius 3 is 2.46 bits per heavy atom. The smallest absolute Gasteiger partial charge is 0.323 e. The van der Waals surface area contributed by atoms with Crippen molar-refractivity contribution in [3.8, 4) is 5.75 Å². The normalized spacial score (nSPS) is 14.2. The Bertz CT molecular complexity index is 769. The molecule has 0 atom stereocenters. The number of benzene rings is 1. The summed E-state index contributed by atoms with van der Waals surface area (Å²) in [5.41, 5.74) is 0. The molecule has 2 aromatic rings. The lowest BCUT2D eigenvalue weighted by molar-refractivity contribution is -0.134. The van der Waals surface area contributed by atoms with Crippen molar-refractivity contribution in [3.63, 3.8) is 0 Å². The van der Waals surface area contributed by atoms with E-state index >= 15 is 0 Å². The number of aromatic nitrogens is 1.